The Labute approximate surface area is 134 Å². The van der Waals surface area contributed by atoms with Gasteiger partial charge in [0.25, 0.3) is 5.91 Å². The predicted molar refractivity (Wildman–Crippen MR) is 83.4 cm³/mol. The summed E-state index contributed by atoms with van der Waals surface area (Å²) in [6.07, 6.45) is 2.35. The van der Waals surface area contributed by atoms with Crippen LogP contribution in [0, 0.1) is 6.92 Å². The van der Waals surface area contributed by atoms with Crippen molar-refractivity contribution in [3.8, 4) is 5.75 Å². The van der Waals surface area contributed by atoms with E-state index < -0.39 is 5.60 Å². The van der Waals surface area contributed by atoms with Crippen molar-refractivity contribution in [2.24, 2.45) is 0 Å². The van der Waals surface area contributed by atoms with Crippen molar-refractivity contribution < 1.29 is 19.2 Å². The normalized spacial score (nSPS) is 20.0. The topological polar surface area (TPSA) is 84.6 Å². The van der Waals surface area contributed by atoms with Gasteiger partial charge in [-0.25, -0.2) is 0 Å². The highest BCUT2D eigenvalue weighted by molar-refractivity contribution is 5.92. The van der Waals surface area contributed by atoms with Crippen LogP contribution in [0.25, 0.3) is 0 Å². The third-order valence-corrected chi connectivity index (χ3v) is 4.25. The summed E-state index contributed by atoms with van der Waals surface area (Å²) in [6.45, 7) is 1.86. The monoisotopic (exact) mass is 316 g/mol. The number of carbonyl (C=O) groups is 1. The maximum absolute atomic E-state index is 12.1. The smallest absolute Gasteiger partial charge is 0.273 e. The zero-order valence-electron chi connectivity index (χ0n) is 13.3. The van der Waals surface area contributed by atoms with Gasteiger partial charge in [0.05, 0.1) is 13.7 Å². The van der Waals surface area contributed by atoms with E-state index in [1.54, 1.807) is 20.1 Å². The number of aryl methyl sites for hydroxylation is 2. The van der Waals surface area contributed by atoms with E-state index in [0.29, 0.717) is 12.2 Å². The van der Waals surface area contributed by atoms with Crippen LogP contribution in [0.5, 0.6) is 5.75 Å². The summed E-state index contributed by atoms with van der Waals surface area (Å²) in [5, 5.41) is 17.4. The molecular formula is C17H20N2O4. The molecule has 0 saturated carbocycles. The number of aliphatic hydroxyl groups is 1. The summed E-state index contributed by atoms with van der Waals surface area (Å²) in [6, 6.07) is 7.22. The molecule has 0 bridgehead atoms. The summed E-state index contributed by atoms with van der Waals surface area (Å²) in [5.74, 6) is 0.995. The standard InChI is InChI=1S/C17H20N2O4/c1-11-8-15(19-23-11)16(20)18-10-17(21)7-3-4-12-9-13(22-2)5-6-14(12)17/h5-6,8-9,21H,3-4,7,10H2,1-2H3,(H,18,20). The zero-order chi connectivity index (χ0) is 16.4. The molecule has 1 aliphatic rings. The van der Waals surface area contributed by atoms with Crippen LogP contribution in [0.3, 0.4) is 0 Å². The maximum atomic E-state index is 12.1. The van der Waals surface area contributed by atoms with Gasteiger partial charge >= 0.3 is 0 Å². The molecule has 1 heterocycles. The van der Waals surface area contributed by atoms with Crippen LogP contribution in [0.2, 0.25) is 0 Å². The van der Waals surface area contributed by atoms with Gasteiger partial charge in [-0.1, -0.05) is 11.2 Å². The third kappa shape index (κ3) is 3.07. The van der Waals surface area contributed by atoms with E-state index in [4.69, 9.17) is 9.26 Å². The van der Waals surface area contributed by atoms with Gasteiger partial charge in [-0.15, -0.1) is 0 Å². The molecule has 0 spiro atoms. The number of hydrogen-bond acceptors (Lipinski definition) is 5. The number of methoxy groups -OCH3 is 1. The van der Waals surface area contributed by atoms with Crippen molar-refractivity contribution >= 4 is 5.91 Å². The number of nitrogens with one attached hydrogen (secondary N) is 1. The van der Waals surface area contributed by atoms with E-state index >= 15 is 0 Å². The molecule has 0 saturated heterocycles. The Bertz CT molecular complexity index is 725. The van der Waals surface area contributed by atoms with Crippen LogP contribution < -0.4 is 10.1 Å². The summed E-state index contributed by atoms with van der Waals surface area (Å²) < 4.78 is 10.1. The summed E-state index contributed by atoms with van der Waals surface area (Å²) in [4.78, 5) is 12.1. The predicted octanol–water partition coefficient (Wildman–Crippen LogP) is 1.95. The maximum Gasteiger partial charge on any atom is 0.273 e. The van der Waals surface area contributed by atoms with Crippen LogP contribution in [0.4, 0.5) is 0 Å². The van der Waals surface area contributed by atoms with Gasteiger partial charge in [0, 0.05) is 6.07 Å². The van der Waals surface area contributed by atoms with Gasteiger partial charge in [-0.05, 0) is 49.4 Å². The number of hydrogen-bond donors (Lipinski definition) is 2. The molecule has 2 N–H and O–H groups in total. The van der Waals surface area contributed by atoms with E-state index in [1.807, 2.05) is 18.2 Å². The van der Waals surface area contributed by atoms with E-state index in [1.165, 1.54) is 0 Å². The minimum atomic E-state index is -1.08. The molecule has 23 heavy (non-hydrogen) atoms. The average molecular weight is 316 g/mol. The molecule has 1 aliphatic carbocycles. The van der Waals surface area contributed by atoms with E-state index in [-0.39, 0.29) is 18.1 Å². The van der Waals surface area contributed by atoms with Crippen molar-refractivity contribution in [2.75, 3.05) is 13.7 Å². The molecule has 0 radical (unpaired) electrons. The van der Waals surface area contributed by atoms with Gasteiger partial charge in [-0.2, -0.15) is 0 Å². The number of benzene rings is 1. The molecule has 1 aromatic heterocycles. The molecule has 6 nitrogen and oxygen atoms in total. The SMILES string of the molecule is COc1ccc2c(c1)CCCC2(O)CNC(=O)c1cc(C)on1. The lowest BCUT2D eigenvalue weighted by Gasteiger charge is -2.34. The largest absolute Gasteiger partial charge is 0.497 e. The Hall–Kier alpha value is -2.34. The van der Waals surface area contributed by atoms with Gasteiger partial charge in [0.2, 0.25) is 0 Å². The molecule has 2 aromatic rings. The van der Waals surface area contributed by atoms with Gasteiger partial charge in [0.1, 0.15) is 17.1 Å². The first-order chi connectivity index (χ1) is 11.0. The average Bonchev–Trinajstić information content (AvgIpc) is 2.99. The molecule has 1 aromatic carbocycles. The molecule has 1 atom stereocenters. The van der Waals surface area contributed by atoms with Crippen molar-refractivity contribution in [1.29, 1.82) is 0 Å². The van der Waals surface area contributed by atoms with Crippen LogP contribution in [-0.2, 0) is 12.0 Å². The molecule has 6 heteroatoms. The molecule has 0 aliphatic heterocycles. The molecule has 0 fully saturated rings. The zero-order valence-corrected chi connectivity index (χ0v) is 13.3. The highest BCUT2D eigenvalue weighted by Crippen LogP contribution is 2.36. The first-order valence-electron chi connectivity index (χ1n) is 7.63. The second kappa shape index (κ2) is 6.04. The second-order valence-corrected chi connectivity index (χ2v) is 5.91. The van der Waals surface area contributed by atoms with Crippen LogP contribution >= 0.6 is 0 Å². The fraction of sp³-hybridized carbons (Fsp3) is 0.412. The van der Waals surface area contributed by atoms with E-state index in [0.717, 1.165) is 29.7 Å². The Kier molecular flexibility index (Phi) is 4.09. The Morgan fingerprint density at radius 2 is 2.30 bits per heavy atom. The molecular weight excluding hydrogens is 296 g/mol. The third-order valence-electron chi connectivity index (χ3n) is 4.25. The van der Waals surface area contributed by atoms with Crippen molar-refractivity contribution in [3.05, 3.63) is 46.8 Å². The summed E-state index contributed by atoms with van der Waals surface area (Å²) >= 11 is 0. The number of aromatic nitrogens is 1. The van der Waals surface area contributed by atoms with Gasteiger partial charge < -0.3 is 19.7 Å². The Balaban J connectivity index is 1.76. The minimum Gasteiger partial charge on any atom is -0.497 e. The lowest BCUT2D eigenvalue weighted by Crippen LogP contribution is -2.43. The lowest BCUT2D eigenvalue weighted by molar-refractivity contribution is 0.0188. The Morgan fingerprint density at radius 3 is 3.00 bits per heavy atom. The van der Waals surface area contributed by atoms with E-state index in [2.05, 4.69) is 10.5 Å². The van der Waals surface area contributed by atoms with Gasteiger partial charge in [-0.3, -0.25) is 4.79 Å². The van der Waals surface area contributed by atoms with Crippen LogP contribution in [-0.4, -0.2) is 29.8 Å². The van der Waals surface area contributed by atoms with Crippen molar-refractivity contribution in [1.82, 2.24) is 10.5 Å². The minimum absolute atomic E-state index is 0.136. The van der Waals surface area contributed by atoms with E-state index in [9.17, 15) is 9.90 Å². The number of nitrogens with zero attached hydrogens (tertiary/aromatic N) is 1. The summed E-state index contributed by atoms with van der Waals surface area (Å²) in [7, 11) is 1.62. The highest BCUT2D eigenvalue weighted by Gasteiger charge is 2.35. The molecule has 1 amide bonds. The van der Waals surface area contributed by atoms with Crippen molar-refractivity contribution in [3.63, 3.8) is 0 Å². The fourth-order valence-electron chi connectivity index (χ4n) is 3.04. The Morgan fingerprint density at radius 1 is 1.48 bits per heavy atom. The fourth-order valence-corrected chi connectivity index (χ4v) is 3.04. The first-order valence-corrected chi connectivity index (χ1v) is 7.63. The first kappa shape index (κ1) is 15.6. The number of carbonyl (C=O) groups excluding carboxylic acids is 1. The summed E-state index contributed by atoms with van der Waals surface area (Å²) in [5.41, 5.74) is 1.05. The molecule has 1 unspecified atom stereocenters. The quantitative estimate of drug-likeness (QED) is 0.900. The number of ether oxygens (including phenoxy) is 1. The number of rotatable bonds is 4. The highest BCUT2D eigenvalue weighted by atomic mass is 16.5. The second-order valence-electron chi connectivity index (χ2n) is 5.91. The van der Waals surface area contributed by atoms with Crippen molar-refractivity contribution in [2.45, 2.75) is 31.8 Å². The molecule has 3 rings (SSSR count). The van der Waals surface area contributed by atoms with Gasteiger partial charge in [0.15, 0.2) is 5.69 Å². The molecule has 122 valence electrons. The van der Waals surface area contributed by atoms with Crippen LogP contribution in [0.15, 0.2) is 28.8 Å². The lowest BCUT2D eigenvalue weighted by atomic mass is 9.79. The number of amides is 1. The van der Waals surface area contributed by atoms with Crippen LogP contribution in [0.1, 0.15) is 40.2 Å². The number of fused-ring (bicyclic) bond motifs is 1.